The summed E-state index contributed by atoms with van der Waals surface area (Å²) < 4.78 is 50.3. The number of benzene rings is 1. The molecule has 0 heterocycles. The van der Waals surface area contributed by atoms with E-state index in [9.17, 15) is 17.3 Å². The van der Waals surface area contributed by atoms with Crippen molar-refractivity contribution >= 4 is 24.7 Å². The van der Waals surface area contributed by atoms with Gasteiger partial charge in [0.15, 0.2) is 0 Å². The molecule has 0 spiro atoms. The van der Waals surface area contributed by atoms with Gasteiger partial charge < -0.3 is 32.3 Å². The second-order valence-corrected chi connectivity index (χ2v) is 6.41. The monoisotopic (exact) mass is 403 g/mol. The van der Waals surface area contributed by atoms with Crippen LogP contribution in [0.2, 0.25) is 0 Å². The van der Waals surface area contributed by atoms with Crippen molar-refractivity contribution in [2.24, 2.45) is 0 Å². The van der Waals surface area contributed by atoms with E-state index in [1.807, 2.05) is 19.9 Å². The van der Waals surface area contributed by atoms with Crippen LogP contribution in [-0.2, 0) is 9.47 Å². The number of hydrogen-bond donors (Lipinski definition) is 0. The van der Waals surface area contributed by atoms with Crippen LogP contribution in [0.15, 0.2) is 51.7 Å². The fourth-order valence-electron chi connectivity index (χ4n) is 2.09. The maximum Gasteiger partial charge on any atom is 0.673 e. The molecule has 0 saturated carbocycles. The Bertz CT molecular complexity index is 736. The van der Waals surface area contributed by atoms with E-state index in [0.717, 1.165) is 15.6 Å². The number of ether oxygens (including phenoxy) is 2. The Morgan fingerprint density at radius 1 is 1.07 bits per heavy atom. The first-order valence-electron chi connectivity index (χ1n) is 8.21. The van der Waals surface area contributed by atoms with Crippen LogP contribution in [0, 0.1) is 6.92 Å². The van der Waals surface area contributed by atoms with E-state index in [-0.39, 0.29) is 0 Å². The van der Waals surface area contributed by atoms with Gasteiger partial charge in [0.25, 0.3) is 0 Å². The van der Waals surface area contributed by atoms with Gasteiger partial charge in [0.05, 0.1) is 18.1 Å². The Balaban J connectivity index is 0.000000646. The molecule has 148 valence electrons. The lowest BCUT2D eigenvalue weighted by molar-refractivity contribution is -0.0134. The topological polar surface area (TPSA) is 54.9 Å². The molecule has 0 amide bonds. The van der Waals surface area contributed by atoms with Gasteiger partial charge in [-0.2, -0.15) is 4.79 Å². The van der Waals surface area contributed by atoms with E-state index in [1.54, 1.807) is 11.8 Å². The molecule has 0 bridgehead atoms. The van der Waals surface area contributed by atoms with Crippen molar-refractivity contribution in [3.63, 3.8) is 0 Å². The third-order valence-corrected chi connectivity index (χ3v) is 4.21. The van der Waals surface area contributed by atoms with Crippen LogP contribution >= 0.6 is 11.8 Å². The number of halogens is 4. The second kappa shape index (κ2) is 10.8. The molecule has 0 N–H and O–H groups in total. The summed E-state index contributed by atoms with van der Waals surface area (Å²) in [4.78, 5) is 5.45. The molecule has 2 rings (SSSR count). The second-order valence-electron chi connectivity index (χ2n) is 5.30. The molecule has 0 radical (unpaired) electrons. The van der Waals surface area contributed by atoms with E-state index >= 15 is 0 Å². The molecule has 1 aliphatic rings. The van der Waals surface area contributed by atoms with E-state index in [1.165, 1.54) is 5.56 Å². The van der Waals surface area contributed by atoms with Gasteiger partial charge in [0, 0.05) is 11.0 Å². The van der Waals surface area contributed by atoms with Gasteiger partial charge in [-0.15, -0.1) is 0 Å². The molecule has 0 aliphatic heterocycles. The summed E-state index contributed by atoms with van der Waals surface area (Å²) in [7, 11) is -6.00. The number of allylic oxidation sites excluding steroid dienone is 3. The zero-order valence-electron chi connectivity index (χ0n) is 15.2. The normalized spacial score (nSPS) is 14.0. The van der Waals surface area contributed by atoms with Gasteiger partial charge in [-0.05, 0) is 32.9 Å². The van der Waals surface area contributed by atoms with Crippen molar-refractivity contribution in [3.8, 4) is 0 Å². The Morgan fingerprint density at radius 3 is 2.11 bits per heavy atom. The summed E-state index contributed by atoms with van der Waals surface area (Å²) in [6, 6.07) is 8.33. The maximum absolute atomic E-state index is 9.75. The van der Waals surface area contributed by atoms with Crippen molar-refractivity contribution in [2.45, 2.75) is 32.1 Å². The standard InChI is InChI=1S/C17H20N2O2S.BF4/c1-4-20-15-11-17(16(21-5-2)10-14(15)19-18)22-13-8-6-12(3)7-9-13;2-1(3,4)5/h6-9,11H,4-5,10H2,1-3H3;/q;-1. The van der Waals surface area contributed by atoms with Crippen molar-refractivity contribution < 1.29 is 31.5 Å². The quantitative estimate of drug-likeness (QED) is 0.268. The molecule has 1 aromatic rings. The predicted octanol–water partition coefficient (Wildman–Crippen LogP) is 5.63. The van der Waals surface area contributed by atoms with Crippen LogP contribution in [0.4, 0.5) is 17.3 Å². The van der Waals surface area contributed by atoms with E-state index in [4.69, 9.17) is 15.0 Å². The molecular formula is C17H20BF4N2O2S-. The van der Waals surface area contributed by atoms with Gasteiger partial charge in [0.2, 0.25) is 5.76 Å². The number of nitrogens with zero attached hydrogens (tertiary/aromatic N) is 2. The predicted molar refractivity (Wildman–Crippen MR) is 98.8 cm³/mol. The van der Waals surface area contributed by atoms with Crippen LogP contribution in [0.25, 0.3) is 5.53 Å². The number of rotatable bonds is 6. The van der Waals surface area contributed by atoms with Gasteiger partial charge in [-0.3, -0.25) is 0 Å². The van der Waals surface area contributed by atoms with Crippen LogP contribution in [0.1, 0.15) is 25.8 Å². The molecule has 1 aromatic carbocycles. The Hall–Kier alpha value is -2.19. The first kappa shape index (κ1) is 22.9. The average Bonchev–Trinajstić information content (AvgIpc) is 2.58. The largest absolute Gasteiger partial charge is 0.673 e. The first-order chi connectivity index (χ1) is 12.7. The highest BCUT2D eigenvalue weighted by Gasteiger charge is 2.28. The highest BCUT2D eigenvalue weighted by atomic mass is 32.2. The molecule has 0 saturated heterocycles. The lowest BCUT2D eigenvalue weighted by atomic mass is 10.1. The fourth-order valence-corrected chi connectivity index (χ4v) is 3.03. The molecule has 0 unspecified atom stereocenters. The highest BCUT2D eigenvalue weighted by molar-refractivity contribution is 8.03. The Kier molecular flexibility index (Phi) is 9.18. The summed E-state index contributed by atoms with van der Waals surface area (Å²) in [6.07, 6.45) is 2.32. The minimum absolute atomic E-state index is 0.435. The van der Waals surface area contributed by atoms with Gasteiger partial charge in [0.1, 0.15) is 12.2 Å². The molecule has 0 fully saturated rings. The van der Waals surface area contributed by atoms with Crippen molar-refractivity contribution in [1.82, 2.24) is 0 Å². The molecule has 0 atom stereocenters. The van der Waals surface area contributed by atoms with Gasteiger partial charge in [-0.25, -0.2) is 0 Å². The molecule has 4 nitrogen and oxygen atoms in total. The number of thioether (sulfide) groups is 1. The Morgan fingerprint density at radius 2 is 1.63 bits per heavy atom. The summed E-state index contributed by atoms with van der Waals surface area (Å²) in [5, 5.41) is 0. The summed E-state index contributed by atoms with van der Waals surface area (Å²) >= 11 is 1.63. The SMILES string of the molecule is CCOC1=CC(Sc2ccc(C)cc2)=C(OCC)CC1=[N+]=[N-].F[B-](F)(F)F. The van der Waals surface area contributed by atoms with Crippen molar-refractivity contribution in [1.29, 1.82) is 0 Å². The van der Waals surface area contributed by atoms with Gasteiger partial charge >= 0.3 is 13.0 Å². The highest BCUT2D eigenvalue weighted by Crippen LogP contribution is 2.35. The molecule has 0 aromatic heterocycles. The smallest absolute Gasteiger partial charge is 0.496 e. The van der Waals surface area contributed by atoms with Crippen LogP contribution < -0.4 is 0 Å². The van der Waals surface area contributed by atoms with E-state index in [2.05, 4.69) is 36.0 Å². The van der Waals surface area contributed by atoms with E-state index < -0.39 is 7.25 Å². The number of hydrogen-bond acceptors (Lipinski definition) is 3. The van der Waals surface area contributed by atoms with Crippen LogP contribution in [-0.4, -0.2) is 31.0 Å². The third-order valence-electron chi connectivity index (χ3n) is 3.14. The molecular weight excluding hydrogens is 383 g/mol. The molecule has 27 heavy (non-hydrogen) atoms. The zero-order chi connectivity index (χ0) is 20.4. The first-order valence-corrected chi connectivity index (χ1v) is 9.03. The van der Waals surface area contributed by atoms with Crippen LogP contribution in [0.3, 0.4) is 0 Å². The minimum atomic E-state index is -6.00. The molecule has 10 heteroatoms. The van der Waals surface area contributed by atoms with Crippen LogP contribution in [0.5, 0.6) is 0 Å². The van der Waals surface area contributed by atoms with Crippen molar-refractivity contribution in [3.05, 3.63) is 57.9 Å². The van der Waals surface area contributed by atoms with E-state index in [0.29, 0.717) is 31.1 Å². The lowest BCUT2D eigenvalue weighted by Gasteiger charge is -2.17. The summed E-state index contributed by atoms with van der Waals surface area (Å²) in [5.74, 6) is 1.41. The Labute approximate surface area is 160 Å². The van der Waals surface area contributed by atoms with Gasteiger partial charge in [-0.1, -0.05) is 29.5 Å². The molecule has 1 aliphatic carbocycles. The maximum atomic E-state index is 9.75. The zero-order valence-corrected chi connectivity index (χ0v) is 16.0. The number of aryl methyl sites for hydroxylation is 1. The third kappa shape index (κ3) is 8.84. The lowest BCUT2D eigenvalue weighted by Crippen LogP contribution is -2.15. The summed E-state index contributed by atoms with van der Waals surface area (Å²) in [5.41, 5.74) is 10.9. The fraction of sp³-hybridized carbons (Fsp3) is 0.353. The summed E-state index contributed by atoms with van der Waals surface area (Å²) in [6.45, 7) is 7.02. The van der Waals surface area contributed by atoms with Crippen molar-refractivity contribution in [2.75, 3.05) is 13.2 Å². The minimum Gasteiger partial charge on any atom is -0.496 e. The average molecular weight is 403 g/mol.